The van der Waals surface area contributed by atoms with E-state index in [1.807, 2.05) is 4.90 Å². The van der Waals surface area contributed by atoms with Crippen molar-refractivity contribution in [2.24, 2.45) is 5.41 Å². The predicted molar refractivity (Wildman–Crippen MR) is 80.3 cm³/mol. The summed E-state index contributed by atoms with van der Waals surface area (Å²) in [6.07, 6.45) is 6.33. The lowest BCUT2D eigenvalue weighted by Crippen LogP contribution is -2.52. The summed E-state index contributed by atoms with van der Waals surface area (Å²) in [6, 6.07) is -0.256. The molecule has 2 aliphatic heterocycles. The second kappa shape index (κ2) is 4.93. The van der Waals surface area contributed by atoms with Crippen molar-refractivity contribution in [3.8, 4) is 0 Å². The first-order valence-corrected chi connectivity index (χ1v) is 8.72. The first-order chi connectivity index (χ1) is 9.50. The molecule has 1 aliphatic carbocycles. The molecule has 0 bridgehead atoms. The molecule has 4 nitrogen and oxygen atoms in total. The van der Waals surface area contributed by atoms with Crippen LogP contribution in [-0.2, 0) is 9.59 Å². The summed E-state index contributed by atoms with van der Waals surface area (Å²) >= 11 is 1.76. The summed E-state index contributed by atoms with van der Waals surface area (Å²) < 4.78 is 0. The Labute approximate surface area is 125 Å². The van der Waals surface area contributed by atoms with Gasteiger partial charge in [0, 0.05) is 18.7 Å². The van der Waals surface area contributed by atoms with Gasteiger partial charge in [0.2, 0.25) is 11.8 Å². The number of amides is 2. The van der Waals surface area contributed by atoms with Gasteiger partial charge in [-0.15, -0.1) is 11.8 Å². The van der Waals surface area contributed by atoms with E-state index < -0.39 is 0 Å². The van der Waals surface area contributed by atoms with Gasteiger partial charge in [-0.1, -0.05) is 13.3 Å². The zero-order valence-electron chi connectivity index (χ0n) is 12.4. The molecule has 3 aliphatic rings. The van der Waals surface area contributed by atoms with Gasteiger partial charge in [0.05, 0.1) is 4.87 Å². The summed E-state index contributed by atoms with van der Waals surface area (Å²) in [5.41, 5.74) is 0.333. The highest BCUT2D eigenvalue weighted by molar-refractivity contribution is 8.01. The van der Waals surface area contributed by atoms with Crippen molar-refractivity contribution in [3.63, 3.8) is 0 Å². The van der Waals surface area contributed by atoms with Crippen LogP contribution >= 0.6 is 11.8 Å². The van der Waals surface area contributed by atoms with Gasteiger partial charge in [0.15, 0.2) is 0 Å². The van der Waals surface area contributed by atoms with E-state index >= 15 is 0 Å². The quantitative estimate of drug-likeness (QED) is 0.864. The van der Waals surface area contributed by atoms with Crippen LogP contribution in [0.3, 0.4) is 0 Å². The number of nitrogens with one attached hydrogen (secondary N) is 1. The van der Waals surface area contributed by atoms with E-state index in [1.165, 1.54) is 19.3 Å². The molecule has 3 rings (SSSR count). The van der Waals surface area contributed by atoms with Crippen LogP contribution in [0, 0.1) is 5.41 Å². The molecule has 1 N–H and O–H groups in total. The number of thioether (sulfide) groups is 1. The molecule has 0 aromatic rings. The van der Waals surface area contributed by atoms with Crippen molar-refractivity contribution in [3.05, 3.63) is 0 Å². The molecule has 0 aromatic heterocycles. The normalized spacial score (nSPS) is 34.8. The van der Waals surface area contributed by atoms with Crippen LogP contribution in [0.5, 0.6) is 0 Å². The summed E-state index contributed by atoms with van der Waals surface area (Å²) in [5.74, 6) is 0.940. The summed E-state index contributed by atoms with van der Waals surface area (Å²) in [5, 5.41) is 3.12. The van der Waals surface area contributed by atoms with Crippen molar-refractivity contribution < 1.29 is 9.59 Å². The molecule has 1 saturated carbocycles. The van der Waals surface area contributed by atoms with E-state index in [0.29, 0.717) is 11.8 Å². The Kier molecular flexibility index (Phi) is 3.51. The maximum atomic E-state index is 12.5. The lowest BCUT2D eigenvalue weighted by Gasteiger charge is -2.41. The Bertz CT molecular complexity index is 430. The minimum Gasteiger partial charge on any atom is -0.354 e. The number of hydrogen-bond donors (Lipinski definition) is 1. The van der Waals surface area contributed by atoms with Gasteiger partial charge in [-0.05, 0) is 38.0 Å². The van der Waals surface area contributed by atoms with Gasteiger partial charge in [-0.3, -0.25) is 9.59 Å². The van der Waals surface area contributed by atoms with Gasteiger partial charge < -0.3 is 10.2 Å². The highest BCUT2D eigenvalue weighted by Gasteiger charge is 2.53. The number of carbonyl (C=O) groups excluding carboxylic acids is 2. The van der Waals surface area contributed by atoms with Crippen LogP contribution in [0.15, 0.2) is 0 Å². The van der Waals surface area contributed by atoms with E-state index in [9.17, 15) is 9.59 Å². The van der Waals surface area contributed by atoms with Crippen LogP contribution < -0.4 is 5.32 Å². The molecule has 20 heavy (non-hydrogen) atoms. The average molecular weight is 296 g/mol. The zero-order chi connectivity index (χ0) is 14.4. The van der Waals surface area contributed by atoms with E-state index in [1.54, 1.807) is 11.8 Å². The van der Waals surface area contributed by atoms with Gasteiger partial charge in [-0.2, -0.15) is 0 Å². The largest absolute Gasteiger partial charge is 0.354 e. The maximum Gasteiger partial charge on any atom is 0.243 e. The molecule has 0 aromatic carbocycles. The number of carbonyl (C=O) groups is 2. The van der Waals surface area contributed by atoms with Crippen LogP contribution in [0.25, 0.3) is 0 Å². The molecule has 2 atom stereocenters. The first kappa shape index (κ1) is 14.2. The minimum absolute atomic E-state index is 0.0520. The van der Waals surface area contributed by atoms with Crippen LogP contribution in [0.4, 0.5) is 0 Å². The summed E-state index contributed by atoms with van der Waals surface area (Å²) in [7, 11) is 0. The van der Waals surface area contributed by atoms with Gasteiger partial charge >= 0.3 is 0 Å². The Morgan fingerprint density at radius 3 is 2.80 bits per heavy atom. The maximum absolute atomic E-state index is 12.5. The third kappa shape index (κ3) is 2.14. The van der Waals surface area contributed by atoms with Crippen molar-refractivity contribution in [1.82, 2.24) is 10.2 Å². The lowest BCUT2D eigenvalue weighted by molar-refractivity contribution is -0.138. The predicted octanol–water partition coefficient (Wildman–Crippen LogP) is 2.14. The van der Waals surface area contributed by atoms with Crippen molar-refractivity contribution in [2.75, 3.05) is 12.3 Å². The molecular formula is C15H24N2O2S. The topological polar surface area (TPSA) is 49.4 Å². The Morgan fingerprint density at radius 2 is 2.20 bits per heavy atom. The second-order valence-electron chi connectivity index (χ2n) is 6.69. The van der Waals surface area contributed by atoms with E-state index in [2.05, 4.69) is 19.2 Å². The van der Waals surface area contributed by atoms with Crippen LogP contribution in [-0.4, -0.2) is 39.9 Å². The van der Waals surface area contributed by atoms with Gasteiger partial charge in [-0.25, -0.2) is 0 Å². The SMILES string of the molecule is CCC1(CNC(=O)[C@H]2CS[C@]3(C)CCC(=O)N23)CCC1. The molecule has 0 spiro atoms. The molecule has 3 fully saturated rings. The summed E-state index contributed by atoms with van der Waals surface area (Å²) in [4.78, 5) is 26.2. The lowest BCUT2D eigenvalue weighted by atomic mass is 9.67. The van der Waals surface area contributed by atoms with E-state index in [4.69, 9.17) is 0 Å². The Balaban J connectivity index is 1.62. The highest BCUT2D eigenvalue weighted by Crippen LogP contribution is 2.47. The third-order valence-electron chi connectivity index (χ3n) is 5.55. The van der Waals surface area contributed by atoms with Gasteiger partial charge in [0.25, 0.3) is 0 Å². The molecule has 2 saturated heterocycles. The molecule has 2 heterocycles. The van der Waals surface area contributed by atoms with Crippen molar-refractivity contribution in [2.45, 2.75) is 63.3 Å². The van der Waals surface area contributed by atoms with Crippen LogP contribution in [0.2, 0.25) is 0 Å². The monoisotopic (exact) mass is 296 g/mol. The van der Waals surface area contributed by atoms with Crippen molar-refractivity contribution >= 4 is 23.6 Å². The molecule has 0 unspecified atom stereocenters. The standard InChI is InChI=1S/C15H24N2O2S/c1-3-15(6-4-7-15)10-16-13(19)11-9-20-14(2)8-5-12(18)17(11)14/h11H,3-10H2,1-2H3,(H,16,19)/t11-,14-/m1/s1. The number of rotatable bonds is 4. The fourth-order valence-electron chi connectivity index (χ4n) is 3.74. The van der Waals surface area contributed by atoms with Gasteiger partial charge in [0.1, 0.15) is 6.04 Å². The zero-order valence-corrected chi connectivity index (χ0v) is 13.2. The molecule has 2 amide bonds. The highest BCUT2D eigenvalue weighted by atomic mass is 32.2. The second-order valence-corrected chi connectivity index (χ2v) is 8.19. The Morgan fingerprint density at radius 1 is 1.45 bits per heavy atom. The van der Waals surface area contributed by atoms with E-state index in [-0.39, 0.29) is 22.7 Å². The first-order valence-electron chi connectivity index (χ1n) is 7.74. The third-order valence-corrected chi connectivity index (χ3v) is 7.05. The molecule has 112 valence electrons. The van der Waals surface area contributed by atoms with Crippen molar-refractivity contribution in [1.29, 1.82) is 0 Å². The van der Waals surface area contributed by atoms with E-state index in [0.717, 1.165) is 25.1 Å². The number of hydrogen-bond acceptors (Lipinski definition) is 3. The molecule has 5 heteroatoms. The molecular weight excluding hydrogens is 272 g/mol. The minimum atomic E-state index is -0.256. The summed E-state index contributed by atoms with van der Waals surface area (Å²) in [6.45, 7) is 5.08. The Hall–Kier alpha value is -0.710. The fourth-order valence-corrected chi connectivity index (χ4v) is 5.17. The molecule has 0 radical (unpaired) electrons. The fraction of sp³-hybridized carbons (Fsp3) is 0.867. The average Bonchev–Trinajstić information content (AvgIpc) is 2.86. The number of fused-ring (bicyclic) bond motifs is 1. The smallest absolute Gasteiger partial charge is 0.243 e. The number of nitrogens with zero attached hydrogens (tertiary/aromatic N) is 1. The van der Waals surface area contributed by atoms with Crippen LogP contribution in [0.1, 0.15) is 52.4 Å².